The first-order valence-electron chi connectivity index (χ1n) is 5.49. The van der Waals surface area contributed by atoms with E-state index < -0.39 is 0 Å². The maximum Gasteiger partial charge on any atom is 0.0904 e. The summed E-state index contributed by atoms with van der Waals surface area (Å²) in [6.07, 6.45) is 6.60. The van der Waals surface area contributed by atoms with E-state index in [2.05, 4.69) is 21.1 Å². The van der Waals surface area contributed by atoms with Gasteiger partial charge in [-0.1, -0.05) is 0 Å². The lowest BCUT2D eigenvalue weighted by atomic mass is 9.79. The van der Waals surface area contributed by atoms with Crippen molar-refractivity contribution in [1.82, 2.24) is 0 Å². The van der Waals surface area contributed by atoms with E-state index in [9.17, 15) is 0 Å². The summed E-state index contributed by atoms with van der Waals surface area (Å²) in [6.45, 7) is 0. The van der Waals surface area contributed by atoms with E-state index in [1.54, 1.807) is 0 Å². The number of hydrogen-bond donors (Lipinski definition) is 1. The van der Waals surface area contributed by atoms with Gasteiger partial charge in [0.2, 0.25) is 0 Å². The lowest BCUT2D eigenvalue weighted by molar-refractivity contribution is -0.898. The minimum atomic E-state index is 0.207. The molecule has 0 spiro atoms. The van der Waals surface area contributed by atoms with Gasteiger partial charge in [-0.3, -0.25) is 0 Å². The van der Waals surface area contributed by atoms with Gasteiger partial charge in [-0.2, -0.15) is 0 Å². The third-order valence-electron chi connectivity index (χ3n) is 4.09. The molecule has 2 bridgehead atoms. The Morgan fingerprint density at radius 2 is 1.92 bits per heavy atom. The Balaban J connectivity index is 2.11. The SMILES string of the molecule is C[N+](C)(C)C1CC2CCC(N)(C2)C1. The van der Waals surface area contributed by atoms with Crippen LogP contribution in [-0.2, 0) is 0 Å². The Hall–Kier alpha value is -0.0800. The third kappa shape index (κ3) is 1.75. The van der Waals surface area contributed by atoms with Crippen LogP contribution in [-0.4, -0.2) is 37.2 Å². The number of rotatable bonds is 1. The van der Waals surface area contributed by atoms with Crippen molar-refractivity contribution in [2.75, 3.05) is 21.1 Å². The molecule has 2 saturated carbocycles. The first-order chi connectivity index (χ1) is 5.89. The highest BCUT2D eigenvalue weighted by atomic mass is 15.3. The zero-order chi connectivity index (χ0) is 9.69. The van der Waals surface area contributed by atoms with E-state index in [1.807, 2.05) is 0 Å². The molecule has 2 aliphatic carbocycles. The fourth-order valence-corrected chi connectivity index (χ4v) is 3.18. The minimum absolute atomic E-state index is 0.207. The number of nitrogens with two attached hydrogens (primary N) is 1. The van der Waals surface area contributed by atoms with Gasteiger partial charge in [0, 0.05) is 18.4 Å². The van der Waals surface area contributed by atoms with Crippen LogP contribution in [0.3, 0.4) is 0 Å². The van der Waals surface area contributed by atoms with Crippen molar-refractivity contribution in [3.8, 4) is 0 Å². The molecule has 0 aromatic carbocycles. The van der Waals surface area contributed by atoms with Crippen LogP contribution in [0.4, 0.5) is 0 Å². The van der Waals surface area contributed by atoms with Crippen LogP contribution >= 0.6 is 0 Å². The van der Waals surface area contributed by atoms with Crippen LogP contribution in [0.2, 0.25) is 0 Å². The zero-order valence-corrected chi connectivity index (χ0v) is 9.21. The predicted molar refractivity (Wildman–Crippen MR) is 55.3 cm³/mol. The molecule has 0 aromatic rings. The van der Waals surface area contributed by atoms with E-state index in [0.29, 0.717) is 0 Å². The first kappa shape index (κ1) is 9.47. The molecule has 2 aliphatic rings. The topological polar surface area (TPSA) is 26.0 Å². The monoisotopic (exact) mass is 183 g/mol. The van der Waals surface area contributed by atoms with Gasteiger partial charge in [0.1, 0.15) is 0 Å². The summed E-state index contributed by atoms with van der Waals surface area (Å²) < 4.78 is 1.09. The van der Waals surface area contributed by atoms with Crippen molar-refractivity contribution in [2.45, 2.75) is 43.7 Å². The van der Waals surface area contributed by atoms with Crippen LogP contribution in [0, 0.1) is 5.92 Å². The predicted octanol–water partition coefficient (Wildman–Crippen LogP) is 1.35. The average molecular weight is 183 g/mol. The van der Waals surface area contributed by atoms with Crippen LogP contribution in [0.5, 0.6) is 0 Å². The fourth-order valence-electron chi connectivity index (χ4n) is 3.18. The Morgan fingerprint density at radius 3 is 2.46 bits per heavy atom. The van der Waals surface area contributed by atoms with E-state index in [-0.39, 0.29) is 5.54 Å². The maximum absolute atomic E-state index is 6.38. The number of fused-ring (bicyclic) bond motifs is 2. The van der Waals surface area contributed by atoms with Crippen molar-refractivity contribution < 1.29 is 4.48 Å². The number of nitrogens with zero attached hydrogens (tertiary/aromatic N) is 1. The average Bonchev–Trinajstić information content (AvgIpc) is 2.23. The molecule has 2 N–H and O–H groups in total. The standard InChI is InChI=1S/C11H23N2/c1-13(2,3)10-6-9-4-5-11(12,7-9)8-10/h9-10H,4-8,12H2,1-3H3/q+1. The molecular weight excluding hydrogens is 160 g/mol. The van der Waals surface area contributed by atoms with Crippen LogP contribution in [0.25, 0.3) is 0 Å². The second kappa shape index (κ2) is 2.71. The van der Waals surface area contributed by atoms with Gasteiger partial charge in [-0.05, 0) is 25.2 Å². The van der Waals surface area contributed by atoms with Crippen LogP contribution in [0.1, 0.15) is 32.1 Å². The molecular formula is C11H23N2+. The molecule has 2 rings (SSSR count). The smallest absolute Gasteiger partial charge is 0.0904 e. The molecule has 0 amide bonds. The molecule has 2 fully saturated rings. The molecule has 3 atom stereocenters. The largest absolute Gasteiger partial charge is 0.328 e. The van der Waals surface area contributed by atoms with Gasteiger partial charge >= 0.3 is 0 Å². The molecule has 0 aliphatic heterocycles. The highest BCUT2D eigenvalue weighted by Gasteiger charge is 2.46. The van der Waals surface area contributed by atoms with E-state index in [1.165, 1.54) is 32.1 Å². The Bertz CT molecular complexity index is 207. The summed E-state index contributed by atoms with van der Waals surface area (Å²) >= 11 is 0. The second-order valence-corrected chi connectivity index (χ2v) is 6.18. The molecule has 2 nitrogen and oxygen atoms in total. The quantitative estimate of drug-likeness (QED) is 0.610. The summed E-state index contributed by atoms with van der Waals surface area (Å²) in [6, 6.07) is 0.797. The maximum atomic E-state index is 6.38. The van der Waals surface area contributed by atoms with Crippen molar-refractivity contribution in [2.24, 2.45) is 11.7 Å². The summed E-state index contributed by atoms with van der Waals surface area (Å²) in [5, 5.41) is 0. The lowest BCUT2D eigenvalue weighted by Gasteiger charge is -2.42. The number of hydrogen-bond acceptors (Lipinski definition) is 1. The summed E-state index contributed by atoms with van der Waals surface area (Å²) in [7, 11) is 6.91. The lowest BCUT2D eigenvalue weighted by Crippen LogP contribution is -2.54. The first-order valence-corrected chi connectivity index (χ1v) is 5.49. The molecule has 13 heavy (non-hydrogen) atoms. The van der Waals surface area contributed by atoms with E-state index >= 15 is 0 Å². The number of quaternary nitrogens is 1. The Labute approximate surface area is 81.7 Å². The van der Waals surface area contributed by atoms with Crippen LogP contribution in [0.15, 0.2) is 0 Å². The molecule has 0 saturated heterocycles. The molecule has 0 heterocycles. The highest BCUT2D eigenvalue weighted by molar-refractivity contribution is 5.00. The van der Waals surface area contributed by atoms with Crippen molar-refractivity contribution in [1.29, 1.82) is 0 Å². The van der Waals surface area contributed by atoms with Crippen molar-refractivity contribution >= 4 is 0 Å². The van der Waals surface area contributed by atoms with Gasteiger partial charge in [0.05, 0.1) is 27.2 Å². The van der Waals surface area contributed by atoms with Gasteiger partial charge in [0.15, 0.2) is 0 Å². The molecule has 2 heteroatoms. The van der Waals surface area contributed by atoms with Crippen molar-refractivity contribution in [3.63, 3.8) is 0 Å². The summed E-state index contributed by atoms with van der Waals surface area (Å²) in [5.41, 5.74) is 6.58. The van der Waals surface area contributed by atoms with Crippen LogP contribution < -0.4 is 5.73 Å². The minimum Gasteiger partial charge on any atom is -0.328 e. The highest BCUT2D eigenvalue weighted by Crippen LogP contribution is 2.45. The van der Waals surface area contributed by atoms with E-state index in [0.717, 1.165) is 16.4 Å². The fraction of sp³-hybridized carbons (Fsp3) is 1.00. The van der Waals surface area contributed by atoms with Gasteiger partial charge in [-0.25, -0.2) is 0 Å². The van der Waals surface area contributed by atoms with E-state index in [4.69, 9.17) is 5.73 Å². The molecule has 0 aromatic heterocycles. The molecule has 3 unspecified atom stereocenters. The zero-order valence-electron chi connectivity index (χ0n) is 9.21. The van der Waals surface area contributed by atoms with Gasteiger partial charge in [-0.15, -0.1) is 0 Å². The third-order valence-corrected chi connectivity index (χ3v) is 4.09. The second-order valence-electron chi connectivity index (χ2n) is 6.18. The Kier molecular flexibility index (Phi) is 1.97. The molecule has 0 radical (unpaired) electrons. The van der Waals surface area contributed by atoms with Crippen molar-refractivity contribution in [3.05, 3.63) is 0 Å². The Morgan fingerprint density at radius 1 is 1.23 bits per heavy atom. The summed E-state index contributed by atoms with van der Waals surface area (Å²) in [4.78, 5) is 0. The summed E-state index contributed by atoms with van der Waals surface area (Å²) in [5.74, 6) is 0.932. The normalized spacial score (nSPS) is 45.2. The van der Waals surface area contributed by atoms with Gasteiger partial charge < -0.3 is 10.2 Å². The molecule has 76 valence electrons. The van der Waals surface area contributed by atoms with Gasteiger partial charge in [0.25, 0.3) is 0 Å².